The number of amides is 1. The predicted octanol–water partition coefficient (Wildman–Crippen LogP) is 6.29. The lowest BCUT2D eigenvalue weighted by Gasteiger charge is -2.14. The van der Waals surface area contributed by atoms with Crippen molar-refractivity contribution in [2.45, 2.75) is 13.0 Å². The van der Waals surface area contributed by atoms with Crippen LogP contribution in [0, 0.1) is 5.82 Å². The van der Waals surface area contributed by atoms with Gasteiger partial charge in [-0.2, -0.15) is 0 Å². The standard InChI is InChI=1S/C30H22FN3O3/c1-19(29(35)34-24-15-9-8-14-23(24)31)37-30(36)22-16-17-25-26(18-22)33-28(21-12-6-3-7-13-21)27(32-25)20-10-4-2-5-11-20/h2-19H,1H3,(H,34,35). The number of nitrogens with one attached hydrogen (secondary N) is 1. The molecule has 5 aromatic rings. The summed E-state index contributed by atoms with van der Waals surface area (Å²) in [6, 6.07) is 30.1. The van der Waals surface area contributed by atoms with E-state index in [1.54, 1.807) is 24.3 Å². The van der Waals surface area contributed by atoms with E-state index in [4.69, 9.17) is 14.7 Å². The monoisotopic (exact) mass is 491 g/mol. The molecule has 4 aromatic carbocycles. The Morgan fingerprint density at radius 2 is 1.32 bits per heavy atom. The molecule has 5 rings (SSSR count). The van der Waals surface area contributed by atoms with Crippen molar-refractivity contribution in [3.05, 3.63) is 115 Å². The van der Waals surface area contributed by atoms with Crippen molar-refractivity contribution in [1.29, 1.82) is 0 Å². The number of carbonyl (C=O) groups excluding carboxylic acids is 2. The van der Waals surface area contributed by atoms with Crippen molar-refractivity contribution >= 4 is 28.6 Å². The van der Waals surface area contributed by atoms with Gasteiger partial charge < -0.3 is 10.1 Å². The van der Waals surface area contributed by atoms with Gasteiger partial charge in [0.05, 0.1) is 33.7 Å². The Labute approximate surface area is 212 Å². The van der Waals surface area contributed by atoms with Gasteiger partial charge in [0.2, 0.25) is 0 Å². The third kappa shape index (κ3) is 5.21. The number of para-hydroxylation sites is 1. The van der Waals surface area contributed by atoms with Gasteiger partial charge in [-0.3, -0.25) is 4.79 Å². The van der Waals surface area contributed by atoms with Gasteiger partial charge in [0, 0.05) is 11.1 Å². The molecular formula is C30H22FN3O3. The first-order valence-electron chi connectivity index (χ1n) is 11.7. The molecule has 1 unspecified atom stereocenters. The van der Waals surface area contributed by atoms with E-state index < -0.39 is 23.8 Å². The van der Waals surface area contributed by atoms with Crippen LogP contribution in [0.5, 0.6) is 0 Å². The molecule has 37 heavy (non-hydrogen) atoms. The van der Waals surface area contributed by atoms with E-state index in [1.165, 1.54) is 25.1 Å². The number of fused-ring (bicyclic) bond motifs is 1. The molecule has 182 valence electrons. The highest BCUT2D eigenvalue weighted by molar-refractivity contribution is 5.99. The van der Waals surface area contributed by atoms with Crippen LogP contribution in [-0.2, 0) is 9.53 Å². The molecule has 0 aliphatic heterocycles. The normalized spacial score (nSPS) is 11.6. The minimum absolute atomic E-state index is 0.0130. The number of benzene rings is 4. The second-order valence-electron chi connectivity index (χ2n) is 8.37. The van der Waals surface area contributed by atoms with Gasteiger partial charge in [-0.05, 0) is 37.3 Å². The lowest BCUT2D eigenvalue weighted by Crippen LogP contribution is -2.30. The molecule has 7 heteroatoms. The Balaban J connectivity index is 1.43. The molecule has 0 aliphatic carbocycles. The summed E-state index contributed by atoms with van der Waals surface area (Å²) < 4.78 is 19.2. The molecule has 0 radical (unpaired) electrons. The van der Waals surface area contributed by atoms with Crippen molar-refractivity contribution in [1.82, 2.24) is 9.97 Å². The highest BCUT2D eigenvalue weighted by atomic mass is 19.1. The maximum Gasteiger partial charge on any atom is 0.338 e. The lowest BCUT2D eigenvalue weighted by molar-refractivity contribution is -0.123. The van der Waals surface area contributed by atoms with Crippen molar-refractivity contribution in [3.63, 3.8) is 0 Å². The van der Waals surface area contributed by atoms with E-state index in [-0.39, 0.29) is 11.3 Å². The number of nitrogens with zero attached hydrogens (tertiary/aromatic N) is 2. The van der Waals surface area contributed by atoms with Crippen molar-refractivity contribution in [2.75, 3.05) is 5.32 Å². The van der Waals surface area contributed by atoms with Crippen LogP contribution < -0.4 is 5.32 Å². The molecule has 0 bridgehead atoms. The van der Waals surface area contributed by atoms with Crippen molar-refractivity contribution < 1.29 is 18.7 Å². The fourth-order valence-corrected chi connectivity index (χ4v) is 3.85. The van der Waals surface area contributed by atoms with Crippen LogP contribution in [0.1, 0.15) is 17.3 Å². The summed E-state index contributed by atoms with van der Waals surface area (Å²) in [6.07, 6.45) is -1.14. The van der Waals surface area contributed by atoms with E-state index in [0.29, 0.717) is 16.7 Å². The van der Waals surface area contributed by atoms with Crippen LogP contribution >= 0.6 is 0 Å². The summed E-state index contributed by atoms with van der Waals surface area (Å²) >= 11 is 0. The molecule has 0 saturated heterocycles. The zero-order valence-corrected chi connectivity index (χ0v) is 19.9. The second kappa shape index (κ2) is 10.4. The smallest absolute Gasteiger partial charge is 0.338 e. The van der Waals surface area contributed by atoms with Gasteiger partial charge in [0.25, 0.3) is 5.91 Å². The van der Waals surface area contributed by atoms with E-state index in [0.717, 1.165) is 16.8 Å². The largest absolute Gasteiger partial charge is 0.449 e. The quantitative estimate of drug-likeness (QED) is 0.283. The van der Waals surface area contributed by atoms with Gasteiger partial charge in [-0.1, -0.05) is 72.8 Å². The Morgan fingerprint density at radius 3 is 1.95 bits per heavy atom. The minimum Gasteiger partial charge on any atom is -0.449 e. The Bertz CT molecular complexity index is 1590. The number of ether oxygens (including phenoxy) is 1. The summed E-state index contributed by atoms with van der Waals surface area (Å²) in [5.74, 6) is -1.92. The third-order valence-corrected chi connectivity index (χ3v) is 5.78. The Hall–Kier alpha value is -4.91. The Kier molecular flexibility index (Phi) is 6.68. The fourth-order valence-electron chi connectivity index (χ4n) is 3.85. The Morgan fingerprint density at radius 1 is 0.757 bits per heavy atom. The average molecular weight is 492 g/mol. The van der Waals surface area contributed by atoms with Gasteiger partial charge in [0.15, 0.2) is 6.10 Å². The maximum absolute atomic E-state index is 13.8. The molecule has 1 N–H and O–H groups in total. The predicted molar refractivity (Wildman–Crippen MR) is 140 cm³/mol. The number of hydrogen-bond donors (Lipinski definition) is 1. The van der Waals surface area contributed by atoms with Gasteiger partial charge in [-0.25, -0.2) is 19.2 Å². The van der Waals surface area contributed by atoms with Gasteiger partial charge >= 0.3 is 5.97 Å². The van der Waals surface area contributed by atoms with Gasteiger partial charge in [0.1, 0.15) is 5.82 Å². The highest BCUT2D eigenvalue weighted by Crippen LogP contribution is 2.31. The number of halogens is 1. The molecule has 1 amide bonds. The molecule has 0 spiro atoms. The van der Waals surface area contributed by atoms with E-state index >= 15 is 0 Å². The molecule has 0 aliphatic rings. The van der Waals surface area contributed by atoms with Gasteiger partial charge in [-0.15, -0.1) is 0 Å². The first kappa shape index (κ1) is 23.8. The summed E-state index contributed by atoms with van der Waals surface area (Å²) in [5.41, 5.74) is 4.58. The SMILES string of the molecule is CC(OC(=O)c1ccc2nc(-c3ccccc3)c(-c3ccccc3)nc2c1)C(=O)Nc1ccccc1F. The van der Waals surface area contributed by atoms with E-state index in [2.05, 4.69) is 5.32 Å². The molecular weight excluding hydrogens is 469 g/mol. The fraction of sp³-hybridized carbons (Fsp3) is 0.0667. The lowest BCUT2D eigenvalue weighted by atomic mass is 10.0. The number of aromatic nitrogens is 2. The molecule has 6 nitrogen and oxygen atoms in total. The van der Waals surface area contributed by atoms with Crippen LogP contribution in [0.4, 0.5) is 10.1 Å². The van der Waals surface area contributed by atoms with Crippen LogP contribution in [0.15, 0.2) is 103 Å². The van der Waals surface area contributed by atoms with Crippen LogP contribution in [0.25, 0.3) is 33.5 Å². The zero-order chi connectivity index (χ0) is 25.8. The first-order valence-corrected chi connectivity index (χ1v) is 11.7. The van der Waals surface area contributed by atoms with Crippen LogP contribution in [0.3, 0.4) is 0 Å². The third-order valence-electron chi connectivity index (χ3n) is 5.78. The average Bonchev–Trinajstić information content (AvgIpc) is 2.94. The zero-order valence-electron chi connectivity index (χ0n) is 19.9. The molecule has 0 fully saturated rings. The van der Waals surface area contributed by atoms with E-state index in [1.807, 2.05) is 60.7 Å². The van der Waals surface area contributed by atoms with Crippen molar-refractivity contribution in [3.8, 4) is 22.5 Å². The molecule has 1 atom stereocenters. The summed E-state index contributed by atoms with van der Waals surface area (Å²) in [5, 5.41) is 2.43. The second-order valence-corrected chi connectivity index (χ2v) is 8.37. The maximum atomic E-state index is 13.8. The summed E-state index contributed by atoms with van der Waals surface area (Å²) in [4.78, 5) is 35.0. The van der Waals surface area contributed by atoms with Crippen molar-refractivity contribution in [2.24, 2.45) is 0 Å². The number of carbonyl (C=O) groups is 2. The van der Waals surface area contributed by atoms with Crippen LogP contribution in [-0.4, -0.2) is 27.9 Å². The number of hydrogen-bond acceptors (Lipinski definition) is 5. The molecule has 1 aromatic heterocycles. The number of anilines is 1. The summed E-state index contributed by atoms with van der Waals surface area (Å²) in [6.45, 7) is 1.43. The van der Waals surface area contributed by atoms with Crippen LogP contribution in [0.2, 0.25) is 0 Å². The number of esters is 1. The molecule has 1 heterocycles. The number of rotatable bonds is 6. The van der Waals surface area contributed by atoms with E-state index in [9.17, 15) is 14.0 Å². The molecule has 0 saturated carbocycles. The summed E-state index contributed by atoms with van der Waals surface area (Å²) in [7, 11) is 0. The minimum atomic E-state index is -1.14. The topological polar surface area (TPSA) is 81.2 Å². The highest BCUT2D eigenvalue weighted by Gasteiger charge is 2.21. The first-order chi connectivity index (χ1) is 18.0.